The van der Waals surface area contributed by atoms with E-state index in [-0.39, 0.29) is 18.5 Å². The van der Waals surface area contributed by atoms with Gasteiger partial charge in [-0.3, -0.25) is 9.59 Å². The molecule has 0 aromatic rings. The van der Waals surface area contributed by atoms with Gasteiger partial charge in [0.05, 0.1) is 25.4 Å². The molecule has 0 fully saturated rings. The monoisotopic (exact) mass is 1140 g/mol. The molecule has 0 saturated heterocycles. The lowest BCUT2D eigenvalue weighted by Gasteiger charge is -2.22. The molecule has 81 heavy (non-hydrogen) atoms. The molecule has 0 rings (SSSR count). The van der Waals surface area contributed by atoms with Gasteiger partial charge >= 0.3 is 5.97 Å². The van der Waals surface area contributed by atoms with Crippen molar-refractivity contribution in [2.45, 2.75) is 418 Å². The Kier molecular flexibility index (Phi) is 68.9. The number of carbonyl (C=O) groups is 2. The number of rotatable bonds is 69. The Balaban J connectivity index is 3.40. The van der Waals surface area contributed by atoms with Crippen LogP contribution in [-0.2, 0) is 14.3 Å². The van der Waals surface area contributed by atoms with Crippen molar-refractivity contribution in [1.82, 2.24) is 5.32 Å². The van der Waals surface area contributed by atoms with Crippen LogP contribution in [0.15, 0.2) is 36.5 Å². The standard InChI is InChI=1S/C75H143NO5/c1-3-5-7-9-11-13-15-17-19-21-33-36-39-43-47-51-55-59-63-67-73(78)72(71-77)76-74(79)68-64-60-56-52-48-44-40-37-34-31-29-27-25-23-22-24-26-28-30-32-35-38-42-46-50-54-58-62-66-70-81-75(80)69-65-61-57-53-49-45-41-20-18-16-14-12-10-8-6-4-2/h20,22,24,28,30,41,72-73,77-78H,3-19,21,23,25-27,29,31-40,42-71H2,1-2H3,(H,76,79)/b24-22-,30-28-,41-20-. The molecule has 0 aliphatic rings. The van der Waals surface area contributed by atoms with Crippen molar-refractivity contribution < 1.29 is 24.5 Å². The molecule has 2 atom stereocenters. The number of unbranched alkanes of at least 4 members (excludes halogenated alkanes) is 52. The van der Waals surface area contributed by atoms with Crippen LogP contribution in [0.3, 0.4) is 0 Å². The lowest BCUT2D eigenvalue weighted by molar-refractivity contribution is -0.143. The maximum atomic E-state index is 12.5. The first kappa shape index (κ1) is 79.1. The quantitative estimate of drug-likeness (QED) is 0.0320. The van der Waals surface area contributed by atoms with Gasteiger partial charge in [0.1, 0.15) is 0 Å². The number of aliphatic hydroxyl groups excluding tert-OH is 2. The maximum Gasteiger partial charge on any atom is 0.305 e. The molecule has 0 saturated carbocycles. The summed E-state index contributed by atoms with van der Waals surface area (Å²) >= 11 is 0. The molecule has 2 unspecified atom stereocenters. The van der Waals surface area contributed by atoms with Gasteiger partial charge in [-0.15, -0.1) is 0 Å². The summed E-state index contributed by atoms with van der Waals surface area (Å²) in [6.45, 7) is 4.98. The van der Waals surface area contributed by atoms with E-state index in [1.807, 2.05) is 0 Å². The topological polar surface area (TPSA) is 95.9 Å². The fourth-order valence-electron chi connectivity index (χ4n) is 11.6. The second-order valence-corrected chi connectivity index (χ2v) is 25.3. The van der Waals surface area contributed by atoms with E-state index in [0.29, 0.717) is 25.9 Å². The molecule has 6 nitrogen and oxygen atoms in total. The summed E-state index contributed by atoms with van der Waals surface area (Å²) < 4.78 is 5.49. The largest absolute Gasteiger partial charge is 0.466 e. The Hall–Kier alpha value is -1.92. The summed E-state index contributed by atoms with van der Waals surface area (Å²) in [6, 6.07) is -0.543. The highest BCUT2D eigenvalue weighted by Gasteiger charge is 2.20. The van der Waals surface area contributed by atoms with Crippen LogP contribution in [0.25, 0.3) is 0 Å². The summed E-state index contributed by atoms with van der Waals surface area (Å²) in [5, 5.41) is 23.4. The van der Waals surface area contributed by atoms with Crippen molar-refractivity contribution in [2.24, 2.45) is 0 Å². The number of hydrogen-bond donors (Lipinski definition) is 3. The van der Waals surface area contributed by atoms with E-state index in [1.54, 1.807) is 0 Å². The van der Waals surface area contributed by atoms with Crippen LogP contribution in [0.2, 0.25) is 0 Å². The predicted octanol–water partition coefficient (Wildman–Crippen LogP) is 23.9. The van der Waals surface area contributed by atoms with Gasteiger partial charge in [-0.1, -0.05) is 346 Å². The summed E-state index contributed by atoms with van der Waals surface area (Å²) in [5.41, 5.74) is 0. The Morgan fingerprint density at radius 2 is 0.617 bits per heavy atom. The van der Waals surface area contributed by atoms with Crippen LogP contribution in [0, 0.1) is 0 Å². The first-order valence-corrected chi connectivity index (χ1v) is 36.7. The van der Waals surface area contributed by atoms with Gasteiger partial charge in [0.2, 0.25) is 5.91 Å². The van der Waals surface area contributed by atoms with E-state index >= 15 is 0 Å². The second kappa shape index (κ2) is 70.6. The number of carbonyl (C=O) groups excluding carboxylic acids is 2. The van der Waals surface area contributed by atoms with Crippen molar-refractivity contribution in [3.8, 4) is 0 Å². The van der Waals surface area contributed by atoms with Crippen LogP contribution in [0.4, 0.5) is 0 Å². The van der Waals surface area contributed by atoms with Crippen molar-refractivity contribution in [2.75, 3.05) is 13.2 Å². The summed E-state index contributed by atoms with van der Waals surface area (Å²) in [6.07, 6.45) is 90.6. The molecule has 478 valence electrons. The molecule has 0 aliphatic heterocycles. The van der Waals surface area contributed by atoms with Crippen LogP contribution in [0.1, 0.15) is 406 Å². The molecule has 0 bridgehead atoms. The van der Waals surface area contributed by atoms with Gasteiger partial charge in [-0.25, -0.2) is 0 Å². The van der Waals surface area contributed by atoms with Gasteiger partial charge in [0.25, 0.3) is 0 Å². The van der Waals surface area contributed by atoms with Crippen LogP contribution >= 0.6 is 0 Å². The number of hydrogen-bond acceptors (Lipinski definition) is 5. The summed E-state index contributed by atoms with van der Waals surface area (Å²) in [5.74, 6) is -0.0270. The first-order chi connectivity index (χ1) is 40.0. The molecular weight excluding hydrogens is 995 g/mol. The van der Waals surface area contributed by atoms with Crippen LogP contribution in [0.5, 0.6) is 0 Å². The minimum Gasteiger partial charge on any atom is -0.466 e. The molecule has 6 heteroatoms. The zero-order valence-electron chi connectivity index (χ0n) is 54.8. The zero-order valence-corrected chi connectivity index (χ0v) is 54.8. The summed E-state index contributed by atoms with van der Waals surface area (Å²) in [7, 11) is 0. The highest BCUT2D eigenvalue weighted by molar-refractivity contribution is 5.76. The normalized spacial score (nSPS) is 12.7. The van der Waals surface area contributed by atoms with E-state index < -0.39 is 12.1 Å². The van der Waals surface area contributed by atoms with Crippen LogP contribution < -0.4 is 5.32 Å². The van der Waals surface area contributed by atoms with E-state index in [1.165, 1.54) is 321 Å². The zero-order chi connectivity index (χ0) is 58.5. The van der Waals surface area contributed by atoms with Gasteiger partial charge in [0, 0.05) is 12.8 Å². The smallest absolute Gasteiger partial charge is 0.305 e. The Labute approximate surface area is 506 Å². The number of ether oxygens (including phenoxy) is 1. The van der Waals surface area contributed by atoms with E-state index in [2.05, 4.69) is 55.6 Å². The van der Waals surface area contributed by atoms with E-state index in [4.69, 9.17) is 4.74 Å². The Morgan fingerprint density at radius 3 is 0.951 bits per heavy atom. The SMILES string of the molecule is CCCCCCCCC/C=C\CCCCCCCC(=O)OCCCCCCCCCCC/C=C\C/C=C\CCCCCCCCCCCCCCCC(=O)NC(CO)C(O)CCCCCCCCCCCCCCCCCCCCC. The molecule has 0 aromatic heterocycles. The number of amides is 1. The minimum absolute atomic E-state index is 0.00522. The highest BCUT2D eigenvalue weighted by atomic mass is 16.5. The number of nitrogens with one attached hydrogen (secondary N) is 1. The molecular formula is C75H143NO5. The van der Waals surface area contributed by atoms with Gasteiger partial charge in [0.15, 0.2) is 0 Å². The number of allylic oxidation sites excluding steroid dienone is 6. The van der Waals surface area contributed by atoms with Crippen molar-refractivity contribution in [1.29, 1.82) is 0 Å². The third-order valence-electron chi connectivity index (χ3n) is 17.2. The van der Waals surface area contributed by atoms with Gasteiger partial charge in [-0.05, 0) is 83.5 Å². The molecule has 0 aromatic carbocycles. The second-order valence-electron chi connectivity index (χ2n) is 25.3. The van der Waals surface area contributed by atoms with Gasteiger partial charge < -0.3 is 20.3 Å². The molecule has 3 N–H and O–H groups in total. The summed E-state index contributed by atoms with van der Waals surface area (Å²) in [4.78, 5) is 24.6. The maximum absolute atomic E-state index is 12.5. The molecule has 0 heterocycles. The minimum atomic E-state index is -0.666. The first-order valence-electron chi connectivity index (χ1n) is 36.7. The van der Waals surface area contributed by atoms with E-state index in [0.717, 1.165) is 51.4 Å². The lowest BCUT2D eigenvalue weighted by atomic mass is 10.0. The van der Waals surface area contributed by atoms with Crippen molar-refractivity contribution in [3.63, 3.8) is 0 Å². The Morgan fingerprint density at radius 1 is 0.346 bits per heavy atom. The highest BCUT2D eigenvalue weighted by Crippen LogP contribution is 2.19. The van der Waals surface area contributed by atoms with Crippen molar-refractivity contribution in [3.05, 3.63) is 36.5 Å². The number of aliphatic hydroxyl groups is 2. The number of esters is 1. The van der Waals surface area contributed by atoms with E-state index in [9.17, 15) is 19.8 Å². The average Bonchev–Trinajstić information content (AvgIpc) is 3.47. The fourth-order valence-corrected chi connectivity index (χ4v) is 11.6. The van der Waals surface area contributed by atoms with Crippen LogP contribution in [-0.4, -0.2) is 47.4 Å². The molecule has 1 amide bonds. The molecule has 0 aliphatic carbocycles. The average molecular weight is 1140 g/mol. The predicted molar refractivity (Wildman–Crippen MR) is 356 cm³/mol. The third-order valence-corrected chi connectivity index (χ3v) is 17.2. The van der Waals surface area contributed by atoms with Crippen molar-refractivity contribution >= 4 is 11.9 Å². The lowest BCUT2D eigenvalue weighted by Crippen LogP contribution is -2.45. The Bertz CT molecular complexity index is 1310. The molecule has 0 spiro atoms. The van der Waals surface area contributed by atoms with Gasteiger partial charge in [-0.2, -0.15) is 0 Å². The molecule has 0 radical (unpaired) electrons. The fraction of sp³-hybridized carbons (Fsp3) is 0.893. The third kappa shape index (κ3) is 67.1.